The van der Waals surface area contributed by atoms with Crippen molar-refractivity contribution in [1.82, 2.24) is 25.3 Å². The van der Waals surface area contributed by atoms with Crippen molar-refractivity contribution in [3.8, 4) is 5.75 Å². The lowest BCUT2D eigenvalue weighted by Crippen LogP contribution is -2.28. The minimum Gasteiger partial charge on any atom is -0.492 e. The number of aromatic nitrogens is 4. The Morgan fingerprint density at radius 3 is 2.39 bits per heavy atom. The van der Waals surface area contributed by atoms with Gasteiger partial charge in [-0.25, -0.2) is 23.1 Å². The molecule has 2 aromatic heterocycles. The number of halogens is 5. The first-order valence-electron chi connectivity index (χ1n) is 10.6. The minimum absolute atomic E-state index is 0.127. The van der Waals surface area contributed by atoms with Gasteiger partial charge in [0, 0.05) is 11.6 Å². The van der Waals surface area contributed by atoms with Crippen molar-refractivity contribution in [3.05, 3.63) is 89.3 Å². The molecule has 3 aromatic carbocycles. The van der Waals surface area contributed by atoms with Gasteiger partial charge in [0.05, 0.1) is 23.1 Å². The third-order valence-corrected chi connectivity index (χ3v) is 5.31. The van der Waals surface area contributed by atoms with Gasteiger partial charge in [0.15, 0.2) is 17.5 Å². The van der Waals surface area contributed by atoms with E-state index in [0.29, 0.717) is 11.8 Å². The van der Waals surface area contributed by atoms with E-state index < -0.39 is 46.4 Å². The first-order valence-corrected chi connectivity index (χ1v) is 10.6. The van der Waals surface area contributed by atoms with Crippen LogP contribution in [0.3, 0.4) is 0 Å². The second kappa shape index (κ2) is 8.95. The van der Waals surface area contributed by atoms with Crippen LogP contribution in [0, 0.1) is 17.5 Å². The first-order chi connectivity index (χ1) is 17.2. The zero-order chi connectivity index (χ0) is 25.4. The molecule has 0 radical (unpaired) electrons. The van der Waals surface area contributed by atoms with E-state index >= 15 is 8.78 Å². The fraction of sp³-hybridized carbons (Fsp3) is 0.125. The van der Waals surface area contributed by atoms with Crippen molar-refractivity contribution in [3.63, 3.8) is 0 Å². The summed E-state index contributed by atoms with van der Waals surface area (Å²) in [5.74, 6) is -7.94. The molecule has 2 heterocycles. The van der Waals surface area contributed by atoms with Crippen LogP contribution in [0.2, 0.25) is 0 Å². The van der Waals surface area contributed by atoms with E-state index in [1.807, 2.05) is 0 Å². The predicted octanol–water partition coefficient (Wildman–Crippen LogP) is 4.81. The summed E-state index contributed by atoms with van der Waals surface area (Å²) in [6.07, 6.45) is 0. The lowest BCUT2D eigenvalue weighted by atomic mass is 10.2. The summed E-state index contributed by atoms with van der Waals surface area (Å²) in [6.45, 7) is 0.270. The number of rotatable bonds is 7. The average Bonchev–Trinajstić information content (AvgIpc) is 3.48. The van der Waals surface area contributed by atoms with E-state index in [0.717, 1.165) is 6.07 Å². The van der Waals surface area contributed by atoms with Gasteiger partial charge in [-0.05, 0) is 48.5 Å². The Morgan fingerprint density at radius 2 is 1.61 bits per heavy atom. The van der Waals surface area contributed by atoms with E-state index in [2.05, 4.69) is 25.3 Å². The molecule has 3 N–H and O–H groups in total. The molecule has 0 saturated heterocycles. The quantitative estimate of drug-likeness (QED) is 0.220. The molecule has 0 fully saturated rings. The summed E-state index contributed by atoms with van der Waals surface area (Å²) in [4.78, 5) is 24.6. The number of carbonyl (C=O) groups excluding carboxylic acids is 1. The summed E-state index contributed by atoms with van der Waals surface area (Å²) in [7, 11) is 0. The van der Waals surface area contributed by atoms with Crippen LogP contribution in [0.15, 0.2) is 54.6 Å². The molecule has 1 amide bonds. The molecule has 0 spiro atoms. The molecular formula is C24H16F5N5O2. The topological polar surface area (TPSA) is 95.7 Å². The molecule has 184 valence electrons. The molecule has 0 saturated carbocycles. The number of carbonyl (C=O) groups is 1. The van der Waals surface area contributed by atoms with E-state index in [-0.39, 0.29) is 35.3 Å². The minimum atomic E-state index is -3.79. The lowest BCUT2D eigenvalue weighted by Gasteiger charge is -2.09. The van der Waals surface area contributed by atoms with Crippen LogP contribution in [-0.4, -0.2) is 39.0 Å². The van der Waals surface area contributed by atoms with Crippen molar-refractivity contribution in [1.29, 1.82) is 0 Å². The largest absolute Gasteiger partial charge is 0.492 e. The second-order valence-corrected chi connectivity index (χ2v) is 7.82. The maximum atomic E-state index is 15.1. The number of amides is 1. The SMILES string of the molecule is O=C(NCCOc1ccc(F)cc1)c1ccc2nc(C(F)(F)c3nc4c(F)cc(F)cc4[nH]3)[nH]c2c1. The third kappa shape index (κ3) is 4.44. The van der Waals surface area contributed by atoms with Gasteiger partial charge in [0.2, 0.25) is 0 Å². The number of H-pyrrole nitrogens is 2. The summed E-state index contributed by atoms with van der Waals surface area (Å²) < 4.78 is 75.8. The Balaban J connectivity index is 1.30. The number of hydrogen-bond acceptors (Lipinski definition) is 4. The fourth-order valence-electron chi connectivity index (χ4n) is 3.57. The van der Waals surface area contributed by atoms with E-state index in [1.54, 1.807) is 0 Å². The molecule has 0 aliphatic heterocycles. The molecular weight excluding hydrogens is 485 g/mol. The number of nitrogens with zero attached hydrogens (tertiary/aromatic N) is 2. The number of fused-ring (bicyclic) bond motifs is 2. The van der Waals surface area contributed by atoms with Crippen LogP contribution in [0.25, 0.3) is 22.1 Å². The third-order valence-electron chi connectivity index (χ3n) is 5.31. The van der Waals surface area contributed by atoms with Gasteiger partial charge in [-0.2, -0.15) is 8.78 Å². The van der Waals surface area contributed by atoms with Gasteiger partial charge in [0.25, 0.3) is 5.91 Å². The monoisotopic (exact) mass is 501 g/mol. The number of hydrogen-bond donors (Lipinski definition) is 3. The average molecular weight is 501 g/mol. The van der Waals surface area contributed by atoms with Gasteiger partial charge in [-0.15, -0.1) is 0 Å². The molecule has 0 aliphatic rings. The highest BCUT2D eigenvalue weighted by atomic mass is 19.3. The Kier molecular flexibility index (Phi) is 5.78. The van der Waals surface area contributed by atoms with Crippen molar-refractivity contribution in [2.24, 2.45) is 0 Å². The highest BCUT2D eigenvalue weighted by Gasteiger charge is 2.41. The Morgan fingerprint density at radius 1 is 0.889 bits per heavy atom. The summed E-state index contributed by atoms with van der Waals surface area (Å²) >= 11 is 0. The maximum absolute atomic E-state index is 15.1. The maximum Gasteiger partial charge on any atom is 0.361 e. The number of alkyl halides is 2. The summed E-state index contributed by atoms with van der Waals surface area (Å²) in [5, 5.41) is 2.63. The normalized spacial score (nSPS) is 11.8. The molecule has 7 nitrogen and oxygen atoms in total. The van der Waals surface area contributed by atoms with Gasteiger partial charge < -0.3 is 20.0 Å². The lowest BCUT2D eigenvalue weighted by molar-refractivity contribution is 0.0254. The molecule has 0 aliphatic carbocycles. The standard InChI is InChI=1S/C24H16F5N5O2/c25-13-2-4-15(5-3-13)36-8-7-30-21(35)12-1-6-17-18(9-12)32-22(31-17)24(28,29)23-33-19-11-14(26)10-16(27)20(19)34-23/h1-6,9-11H,7-8H2,(H,30,35)(H,31,32)(H,33,34). The first kappa shape index (κ1) is 23.3. The van der Waals surface area contributed by atoms with Gasteiger partial charge in [-0.3, -0.25) is 4.79 Å². The van der Waals surface area contributed by atoms with Gasteiger partial charge in [0.1, 0.15) is 29.5 Å². The fourth-order valence-corrected chi connectivity index (χ4v) is 3.57. The van der Waals surface area contributed by atoms with Crippen molar-refractivity contribution in [2.75, 3.05) is 13.2 Å². The number of imidazole rings is 2. The van der Waals surface area contributed by atoms with Crippen LogP contribution >= 0.6 is 0 Å². The van der Waals surface area contributed by atoms with Crippen LogP contribution in [0.4, 0.5) is 22.0 Å². The smallest absolute Gasteiger partial charge is 0.361 e. The van der Waals surface area contributed by atoms with Crippen molar-refractivity contribution < 1.29 is 31.5 Å². The predicted molar refractivity (Wildman–Crippen MR) is 119 cm³/mol. The van der Waals surface area contributed by atoms with Crippen LogP contribution in [0.1, 0.15) is 22.0 Å². The van der Waals surface area contributed by atoms with E-state index in [9.17, 15) is 18.0 Å². The molecule has 12 heteroatoms. The summed E-state index contributed by atoms with van der Waals surface area (Å²) in [6, 6.07) is 11.0. The molecule has 0 bridgehead atoms. The van der Waals surface area contributed by atoms with E-state index in [4.69, 9.17) is 4.74 Å². The Hall–Kier alpha value is -4.48. The molecule has 0 unspecified atom stereocenters. The number of benzene rings is 3. The molecule has 5 aromatic rings. The van der Waals surface area contributed by atoms with Crippen LogP contribution < -0.4 is 10.1 Å². The van der Waals surface area contributed by atoms with Gasteiger partial charge in [-0.1, -0.05) is 0 Å². The van der Waals surface area contributed by atoms with Crippen molar-refractivity contribution >= 4 is 28.0 Å². The van der Waals surface area contributed by atoms with Crippen LogP contribution in [-0.2, 0) is 5.92 Å². The molecule has 5 rings (SSSR count). The summed E-state index contributed by atoms with van der Waals surface area (Å²) in [5.41, 5.74) is -0.142. The van der Waals surface area contributed by atoms with Gasteiger partial charge >= 0.3 is 5.92 Å². The zero-order valence-electron chi connectivity index (χ0n) is 18.2. The van der Waals surface area contributed by atoms with Crippen LogP contribution in [0.5, 0.6) is 5.75 Å². The zero-order valence-corrected chi connectivity index (χ0v) is 18.2. The highest BCUT2D eigenvalue weighted by molar-refractivity contribution is 5.97. The number of aromatic amines is 2. The van der Waals surface area contributed by atoms with E-state index in [1.165, 1.54) is 42.5 Å². The number of nitrogens with one attached hydrogen (secondary N) is 3. The molecule has 36 heavy (non-hydrogen) atoms. The second-order valence-electron chi connectivity index (χ2n) is 7.82. The highest BCUT2D eigenvalue weighted by Crippen LogP contribution is 2.34. The van der Waals surface area contributed by atoms with Crippen molar-refractivity contribution in [2.45, 2.75) is 5.92 Å². The Bertz CT molecular complexity index is 1580. The Labute approximate surface area is 199 Å². The molecule has 0 atom stereocenters. The number of ether oxygens (including phenoxy) is 1.